The fourth-order valence-electron chi connectivity index (χ4n) is 1.29. The second kappa shape index (κ2) is 4.77. The molecule has 0 aliphatic rings. The maximum absolute atomic E-state index is 5.99. The van der Waals surface area contributed by atoms with Crippen LogP contribution in [0.3, 0.4) is 0 Å². The van der Waals surface area contributed by atoms with Crippen LogP contribution >= 0.6 is 23.2 Å². The quantitative estimate of drug-likeness (QED) is 0.907. The number of aryl methyl sites for hydroxylation is 1. The van der Waals surface area contributed by atoms with E-state index in [2.05, 4.69) is 9.97 Å². The monoisotopic (exact) mass is 269 g/mol. The molecule has 0 unspecified atom stereocenters. The van der Waals surface area contributed by atoms with Gasteiger partial charge in [-0.05, 0) is 19.1 Å². The Morgan fingerprint density at radius 3 is 2.71 bits per heavy atom. The van der Waals surface area contributed by atoms with Gasteiger partial charge in [-0.15, -0.1) is 0 Å². The second-order valence-electron chi connectivity index (χ2n) is 3.33. The van der Waals surface area contributed by atoms with E-state index in [-0.39, 0.29) is 0 Å². The molecule has 2 N–H and O–H groups in total. The van der Waals surface area contributed by atoms with Gasteiger partial charge in [0.05, 0.1) is 5.02 Å². The summed E-state index contributed by atoms with van der Waals surface area (Å²) >= 11 is 11.9. The van der Waals surface area contributed by atoms with E-state index >= 15 is 0 Å². The minimum Gasteiger partial charge on any atom is -0.437 e. The van der Waals surface area contributed by atoms with Crippen LogP contribution in [0.1, 0.15) is 5.82 Å². The van der Waals surface area contributed by atoms with E-state index in [4.69, 9.17) is 33.7 Å². The average molecular weight is 270 g/mol. The molecule has 0 bridgehead atoms. The van der Waals surface area contributed by atoms with Crippen LogP contribution in [-0.2, 0) is 0 Å². The molecule has 4 nitrogen and oxygen atoms in total. The zero-order valence-corrected chi connectivity index (χ0v) is 10.5. The Hall–Kier alpha value is -1.52. The Kier molecular flexibility index (Phi) is 3.36. The highest BCUT2D eigenvalue weighted by Crippen LogP contribution is 2.34. The number of ether oxygens (including phenoxy) is 1. The zero-order valence-electron chi connectivity index (χ0n) is 8.95. The van der Waals surface area contributed by atoms with E-state index in [1.165, 1.54) is 6.07 Å². The molecule has 0 saturated carbocycles. The van der Waals surface area contributed by atoms with Crippen LogP contribution in [0.25, 0.3) is 0 Å². The van der Waals surface area contributed by atoms with Gasteiger partial charge >= 0.3 is 0 Å². The highest BCUT2D eigenvalue weighted by Gasteiger charge is 2.08. The van der Waals surface area contributed by atoms with Gasteiger partial charge in [0.15, 0.2) is 0 Å². The number of hydrogen-bond donors (Lipinski definition) is 1. The molecular weight excluding hydrogens is 261 g/mol. The molecule has 2 aromatic rings. The van der Waals surface area contributed by atoms with Gasteiger partial charge in [0.1, 0.15) is 22.4 Å². The van der Waals surface area contributed by atoms with Gasteiger partial charge in [0.25, 0.3) is 0 Å². The van der Waals surface area contributed by atoms with Gasteiger partial charge in [0, 0.05) is 6.07 Å². The van der Waals surface area contributed by atoms with E-state index < -0.39 is 0 Å². The summed E-state index contributed by atoms with van der Waals surface area (Å²) in [6.07, 6.45) is 0. The summed E-state index contributed by atoms with van der Waals surface area (Å²) in [6, 6.07) is 6.63. The summed E-state index contributed by atoms with van der Waals surface area (Å²) in [6.45, 7) is 1.72. The number of aromatic nitrogens is 2. The van der Waals surface area contributed by atoms with Crippen molar-refractivity contribution in [1.82, 2.24) is 9.97 Å². The van der Waals surface area contributed by atoms with Crippen molar-refractivity contribution >= 4 is 29.0 Å². The summed E-state index contributed by atoms with van der Waals surface area (Å²) < 4.78 is 5.50. The summed E-state index contributed by atoms with van der Waals surface area (Å²) in [5.41, 5.74) is 5.59. The van der Waals surface area contributed by atoms with Crippen molar-refractivity contribution in [3.8, 4) is 11.6 Å². The van der Waals surface area contributed by atoms with Crippen LogP contribution in [0.15, 0.2) is 24.3 Å². The number of nitrogens with two attached hydrogens (primary N) is 1. The molecule has 17 heavy (non-hydrogen) atoms. The summed E-state index contributed by atoms with van der Waals surface area (Å²) in [5, 5.41) is 0.756. The van der Waals surface area contributed by atoms with Gasteiger partial charge in [-0.25, -0.2) is 4.98 Å². The predicted molar refractivity (Wildman–Crippen MR) is 67.7 cm³/mol. The lowest BCUT2D eigenvalue weighted by Gasteiger charge is -2.08. The topological polar surface area (TPSA) is 61.0 Å². The summed E-state index contributed by atoms with van der Waals surface area (Å²) in [5.74, 6) is 1.62. The standard InChI is InChI=1S/C11H9Cl2N3O/c1-6-15-9(14)5-10(16-6)17-8-4-2-3-7(12)11(8)13/h2-5H,1H3,(H2,14,15,16). The van der Waals surface area contributed by atoms with Crippen molar-refractivity contribution in [3.63, 3.8) is 0 Å². The zero-order chi connectivity index (χ0) is 12.4. The first kappa shape index (κ1) is 12.0. The Morgan fingerprint density at radius 2 is 2.00 bits per heavy atom. The lowest BCUT2D eigenvalue weighted by molar-refractivity contribution is 0.460. The van der Waals surface area contributed by atoms with Crippen LogP contribution in [-0.4, -0.2) is 9.97 Å². The van der Waals surface area contributed by atoms with E-state index in [1.807, 2.05) is 0 Å². The number of halogens is 2. The lowest BCUT2D eigenvalue weighted by Crippen LogP contribution is -1.98. The molecule has 0 radical (unpaired) electrons. The van der Waals surface area contributed by atoms with Gasteiger partial charge < -0.3 is 10.5 Å². The maximum atomic E-state index is 5.99. The first-order valence-corrected chi connectivity index (χ1v) is 5.55. The molecule has 1 aromatic heterocycles. The molecule has 1 aromatic carbocycles. The van der Waals surface area contributed by atoms with Crippen molar-refractivity contribution in [3.05, 3.63) is 40.1 Å². The van der Waals surface area contributed by atoms with Crippen molar-refractivity contribution in [1.29, 1.82) is 0 Å². The highest BCUT2D eigenvalue weighted by molar-refractivity contribution is 6.42. The fourth-order valence-corrected chi connectivity index (χ4v) is 1.62. The number of benzene rings is 1. The molecule has 0 saturated heterocycles. The van der Waals surface area contributed by atoms with Crippen molar-refractivity contribution in [2.75, 3.05) is 5.73 Å². The van der Waals surface area contributed by atoms with Crippen LogP contribution in [0.2, 0.25) is 10.0 Å². The third-order valence-electron chi connectivity index (χ3n) is 1.96. The molecule has 0 aliphatic heterocycles. The Balaban J connectivity index is 2.34. The van der Waals surface area contributed by atoms with Crippen LogP contribution < -0.4 is 10.5 Å². The molecule has 6 heteroatoms. The van der Waals surface area contributed by atoms with Gasteiger partial charge in [-0.2, -0.15) is 4.98 Å². The molecule has 0 fully saturated rings. The Morgan fingerprint density at radius 1 is 1.24 bits per heavy atom. The number of nitrogen functional groups attached to an aromatic ring is 1. The van der Waals surface area contributed by atoms with E-state index in [0.717, 1.165) is 0 Å². The molecule has 88 valence electrons. The number of rotatable bonds is 2. The number of anilines is 1. The SMILES string of the molecule is Cc1nc(N)cc(Oc2cccc(Cl)c2Cl)n1. The molecule has 0 spiro atoms. The highest BCUT2D eigenvalue weighted by atomic mass is 35.5. The number of nitrogens with zero attached hydrogens (tertiary/aromatic N) is 2. The minimum atomic E-state index is 0.333. The van der Waals surface area contributed by atoms with E-state index in [0.29, 0.717) is 33.3 Å². The average Bonchev–Trinajstić information content (AvgIpc) is 2.23. The molecule has 0 aliphatic carbocycles. The first-order chi connectivity index (χ1) is 8.06. The molecule has 1 heterocycles. The molecular formula is C11H9Cl2N3O. The van der Waals surface area contributed by atoms with Gasteiger partial charge in [0.2, 0.25) is 5.88 Å². The smallest absolute Gasteiger partial charge is 0.224 e. The van der Waals surface area contributed by atoms with Gasteiger partial charge in [-0.1, -0.05) is 29.3 Å². The van der Waals surface area contributed by atoms with Gasteiger partial charge in [-0.3, -0.25) is 0 Å². The summed E-state index contributed by atoms with van der Waals surface area (Å²) in [4.78, 5) is 8.03. The number of hydrogen-bond acceptors (Lipinski definition) is 4. The van der Waals surface area contributed by atoms with Crippen molar-refractivity contribution < 1.29 is 4.74 Å². The summed E-state index contributed by atoms with van der Waals surface area (Å²) in [7, 11) is 0. The molecule has 0 amide bonds. The Labute approximate surface area is 108 Å². The second-order valence-corrected chi connectivity index (χ2v) is 4.12. The maximum Gasteiger partial charge on any atom is 0.224 e. The van der Waals surface area contributed by atoms with Crippen LogP contribution in [0.4, 0.5) is 5.82 Å². The first-order valence-electron chi connectivity index (χ1n) is 4.79. The largest absolute Gasteiger partial charge is 0.437 e. The van der Waals surface area contributed by atoms with E-state index in [9.17, 15) is 0 Å². The van der Waals surface area contributed by atoms with E-state index in [1.54, 1.807) is 25.1 Å². The van der Waals surface area contributed by atoms with Crippen LogP contribution in [0.5, 0.6) is 11.6 Å². The Bertz CT molecular complexity index is 540. The third-order valence-corrected chi connectivity index (χ3v) is 2.77. The third kappa shape index (κ3) is 2.78. The van der Waals surface area contributed by atoms with Crippen molar-refractivity contribution in [2.24, 2.45) is 0 Å². The normalized spacial score (nSPS) is 10.3. The predicted octanol–water partition coefficient (Wildman–Crippen LogP) is 3.47. The molecule has 0 atom stereocenters. The van der Waals surface area contributed by atoms with Crippen LogP contribution in [0, 0.1) is 6.92 Å². The lowest BCUT2D eigenvalue weighted by atomic mass is 10.3. The fraction of sp³-hybridized carbons (Fsp3) is 0.0909. The molecule has 2 rings (SSSR count). The minimum absolute atomic E-state index is 0.333. The van der Waals surface area contributed by atoms with Crippen molar-refractivity contribution in [2.45, 2.75) is 6.92 Å².